The Morgan fingerprint density at radius 3 is 1.19 bits per heavy atom. The maximum Gasteiger partial charge on any atom is 0.373 e. The van der Waals surface area contributed by atoms with Gasteiger partial charge in [-0.3, -0.25) is 9.78 Å². The number of benzene rings is 2. The molecule has 1 aliphatic carbocycles. The number of carbonyl (C=O) groups excluding carboxylic acids is 2. The zero-order valence-corrected chi connectivity index (χ0v) is 22.9. The Hall–Kier alpha value is -2.70. The lowest BCUT2D eigenvalue weighted by molar-refractivity contribution is -0.418. The van der Waals surface area contributed by atoms with Gasteiger partial charge >= 0.3 is 11.9 Å². The summed E-state index contributed by atoms with van der Waals surface area (Å²) in [6, 6.07) is 14.6. The monoisotopic (exact) mass is 496 g/mol. The smallest absolute Gasteiger partial charge is 0.292 e. The van der Waals surface area contributed by atoms with Crippen LogP contribution in [0.3, 0.4) is 0 Å². The van der Waals surface area contributed by atoms with Gasteiger partial charge in [0.05, 0.1) is 11.1 Å². The Morgan fingerprint density at radius 1 is 0.611 bits per heavy atom. The fourth-order valence-electron chi connectivity index (χ4n) is 4.28. The van der Waals surface area contributed by atoms with Crippen molar-refractivity contribution in [2.75, 3.05) is 0 Å². The highest BCUT2D eigenvalue weighted by molar-refractivity contribution is 5.89. The van der Waals surface area contributed by atoms with E-state index in [-0.39, 0.29) is 10.8 Å². The molecule has 1 saturated carbocycles. The van der Waals surface area contributed by atoms with Crippen molar-refractivity contribution in [2.45, 2.75) is 103 Å². The summed E-state index contributed by atoms with van der Waals surface area (Å²) in [5.41, 5.74) is 1.01. The van der Waals surface area contributed by atoms with E-state index in [1.54, 1.807) is 24.3 Å². The molecule has 2 aromatic rings. The van der Waals surface area contributed by atoms with Gasteiger partial charge < -0.3 is 0 Å². The van der Waals surface area contributed by atoms with Crippen LogP contribution in [0.1, 0.15) is 113 Å². The average molecular weight is 497 g/mol. The highest BCUT2D eigenvalue weighted by Crippen LogP contribution is 2.43. The fraction of sp³-hybridized carbons (Fsp3) is 0.533. The molecule has 0 N–H and O–H groups in total. The lowest BCUT2D eigenvalue weighted by atomic mass is 9.74. The second-order valence-electron chi connectivity index (χ2n) is 12.2. The Kier molecular flexibility index (Phi) is 8.01. The molecule has 36 heavy (non-hydrogen) atoms. The molecule has 1 aliphatic rings. The average Bonchev–Trinajstić information content (AvgIpc) is 2.82. The normalized spacial score (nSPS) is 22.7. The fourth-order valence-corrected chi connectivity index (χ4v) is 4.28. The molecule has 2 atom stereocenters. The SMILES string of the molecule is CC(C)(C)c1ccc(C(=O)OOC2(C)CCCCC2(C)OOC(=O)c2ccc(C(C)(C)C)cc2)cc1. The van der Waals surface area contributed by atoms with Crippen molar-refractivity contribution in [1.29, 1.82) is 0 Å². The van der Waals surface area contributed by atoms with E-state index in [2.05, 4.69) is 41.5 Å². The molecule has 6 heteroatoms. The Labute approximate surface area is 215 Å². The largest absolute Gasteiger partial charge is 0.373 e. The summed E-state index contributed by atoms with van der Waals surface area (Å²) in [4.78, 5) is 47.3. The van der Waals surface area contributed by atoms with E-state index in [1.807, 2.05) is 38.1 Å². The molecule has 0 radical (unpaired) electrons. The van der Waals surface area contributed by atoms with Crippen LogP contribution in [0.4, 0.5) is 0 Å². The third kappa shape index (κ3) is 6.34. The molecular formula is C30H40O6. The molecule has 0 aliphatic heterocycles. The van der Waals surface area contributed by atoms with E-state index in [1.165, 1.54) is 0 Å². The molecule has 0 amide bonds. The predicted molar refractivity (Wildman–Crippen MR) is 139 cm³/mol. The zero-order chi connectivity index (χ0) is 26.8. The quantitative estimate of drug-likeness (QED) is 0.310. The van der Waals surface area contributed by atoms with Crippen molar-refractivity contribution in [3.05, 3.63) is 70.8 Å². The number of rotatable bonds is 6. The maximum absolute atomic E-state index is 12.7. The third-order valence-corrected chi connectivity index (χ3v) is 7.25. The molecule has 1 fully saturated rings. The number of carbonyl (C=O) groups is 2. The van der Waals surface area contributed by atoms with E-state index in [0.29, 0.717) is 24.0 Å². The van der Waals surface area contributed by atoms with Crippen molar-refractivity contribution < 1.29 is 29.1 Å². The second kappa shape index (κ2) is 10.3. The Bertz CT molecular complexity index is 971. The van der Waals surface area contributed by atoms with Crippen molar-refractivity contribution in [2.24, 2.45) is 0 Å². The minimum Gasteiger partial charge on any atom is -0.292 e. The lowest BCUT2D eigenvalue weighted by Crippen LogP contribution is -2.56. The molecule has 0 spiro atoms. The van der Waals surface area contributed by atoms with Crippen LogP contribution in [0.15, 0.2) is 48.5 Å². The van der Waals surface area contributed by atoms with Crippen LogP contribution in [0.25, 0.3) is 0 Å². The predicted octanol–water partition coefficient (Wildman–Crippen LogP) is 7.25. The van der Waals surface area contributed by atoms with Crippen LogP contribution >= 0.6 is 0 Å². The molecule has 0 bridgehead atoms. The van der Waals surface area contributed by atoms with E-state index < -0.39 is 23.1 Å². The van der Waals surface area contributed by atoms with E-state index in [4.69, 9.17) is 19.6 Å². The van der Waals surface area contributed by atoms with E-state index >= 15 is 0 Å². The molecule has 2 aromatic carbocycles. The van der Waals surface area contributed by atoms with Crippen molar-refractivity contribution >= 4 is 11.9 Å². The summed E-state index contributed by atoms with van der Waals surface area (Å²) in [6.45, 7) is 16.3. The Balaban J connectivity index is 1.64. The highest BCUT2D eigenvalue weighted by atomic mass is 17.2. The maximum atomic E-state index is 12.7. The van der Waals surface area contributed by atoms with Crippen molar-refractivity contribution in [1.82, 2.24) is 0 Å². The topological polar surface area (TPSA) is 71.1 Å². The van der Waals surface area contributed by atoms with Crippen molar-refractivity contribution in [3.8, 4) is 0 Å². The van der Waals surface area contributed by atoms with Crippen LogP contribution in [0.2, 0.25) is 0 Å². The molecule has 196 valence electrons. The first-order valence-electron chi connectivity index (χ1n) is 12.7. The zero-order valence-electron chi connectivity index (χ0n) is 22.9. The molecule has 0 heterocycles. The first kappa shape index (κ1) is 27.9. The third-order valence-electron chi connectivity index (χ3n) is 7.25. The van der Waals surface area contributed by atoms with Gasteiger partial charge in [0.15, 0.2) is 0 Å². The lowest BCUT2D eigenvalue weighted by Gasteiger charge is -2.45. The summed E-state index contributed by atoms with van der Waals surface area (Å²) in [5, 5.41) is 0. The van der Waals surface area contributed by atoms with Crippen LogP contribution in [-0.4, -0.2) is 23.1 Å². The van der Waals surface area contributed by atoms with Gasteiger partial charge in [0.25, 0.3) is 0 Å². The van der Waals surface area contributed by atoms with Gasteiger partial charge in [0.1, 0.15) is 11.2 Å². The highest BCUT2D eigenvalue weighted by Gasteiger charge is 2.53. The number of hydrogen-bond donors (Lipinski definition) is 0. The summed E-state index contributed by atoms with van der Waals surface area (Å²) in [7, 11) is 0. The first-order chi connectivity index (χ1) is 16.6. The summed E-state index contributed by atoms with van der Waals surface area (Å²) in [6.07, 6.45) is 2.90. The van der Waals surface area contributed by atoms with Crippen LogP contribution in [0.5, 0.6) is 0 Å². The molecule has 6 nitrogen and oxygen atoms in total. The molecule has 3 rings (SSSR count). The van der Waals surface area contributed by atoms with E-state index in [9.17, 15) is 9.59 Å². The second-order valence-corrected chi connectivity index (χ2v) is 12.2. The minimum atomic E-state index is -0.997. The van der Waals surface area contributed by atoms with E-state index in [0.717, 1.165) is 24.0 Å². The van der Waals surface area contributed by atoms with Crippen molar-refractivity contribution in [3.63, 3.8) is 0 Å². The van der Waals surface area contributed by atoms with Gasteiger partial charge in [0, 0.05) is 0 Å². The van der Waals surface area contributed by atoms with Crippen LogP contribution in [-0.2, 0) is 30.4 Å². The molecule has 0 saturated heterocycles. The van der Waals surface area contributed by atoms with Crippen LogP contribution in [0, 0.1) is 0 Å². The summed E-state index contributed by atoms with van der Waals surface area (Å²) < 4.78 is 0. The molecule has 0 aromatic heterocycles. The Morgan fingerprint density at radius 2 is 0.917 bits per heavy atom. The number of hydrogen-bond acceptors (Lipinski definition) is 6. The van der Waals surface area contributed by atoms with Crippen LogP contribution < -0.4 is 0 Å². The first-order valence-corrected chi connectivity index (χ1v) is 12.7. The van der Waals surface area contributed by atoms with Gasteiger partial charge in [-0.2, -0.15) is 9.78 Å². The summed E-state index contributed by atoms with van der Waals surface area (Å²) in [5.74, 6) is -1.17. The minimum absolute atomic E-state index is 0.0142. The molecule has 2 unspecified atom stereocenters. The van der Waals surface area contributed by atoms with Gasteiger partial charge in [-0.25, -0.2) is 9.59 Å². The van der Waals surface area contributed by atoms with Gasteiger partial charge in [-0.15, -0.1) is 0 Å². The molecular weight excluding hydrogens is 456 g/mol. The van der Waals surface area contributed by atoms with Gasteiger partial charge in [-0.1, -0.05) is 78.6 Å². The standard InChI is InChI=1S/C30H40O6/c1-27(2,3)23-15-11-21(12-16-23)25(31)33-35-29(7)19-9-10-20-30(29,8)36-34-26(32)22-13-17-24(18-14-22)28(4,5)6/h11-18H,9-10,19-20H2,1-8H3. The van der Waals surface area contributed by atoms with Gasteiger partial charge in [0.2, 0.25) is 0 Å². The summed E-state index contributed by atoms with van der Waals surface area (Å²) >= 11 is 0. The van der Waals surface area contributed by atoms with Gasteiger partial charge in [-0.05, 0) is 72.9 Å².